The van der Waals surface area contributed by atoms with Gasteiger partial charge in [0.15, 0.2) is 16.6 Å². The Morgan fingerprint density at radius 3 is 2.76 bits per heavy atom. The molecule has 2 saturated heterocycles. The zero-order valence-electron chi connectivity index (χ0n) is 16.3. The minimum atomic E-state index is -0.178. The maximum Gasteiger partial charge on any atom is 0.243 e. The number of carbonyl (C=O) groups is 1. The Morgan fingerprint density at radius 1 is 1.10 bits per heavy atom. The molecular weight excluding hydrogens is 384 g/mol. The van der Waals surface area contributed by atoms with Crippen LogP contribution in [0.2, 0.25) is 0 Å². The number of hydrogen-bond donors (Lipinski definition) is 1. The molecule has 0 bridgehead atoms. The summed E-state index contributed by atoms with van der Waals surface area (Å²) < 4.78 is 1.03. The standard InChI is InChI=1S/C21H24N6OS/c28-20(22-13-15-7-2-1-3-8-15)16-9-6-12-27(16)21-25-18-17(29-21)19(24-14-23-18)26-10-4-5-11-26/h1-3,7-8,14,16H,4-6,9-13H2,(H,22,28)/t16-/m1/s1. The average molecular weight is 409 g/mol. The maximum absolute atomic E-state index is 12.9. The van der Waals surface area contributed by atoms with E-state index in [9.17, 15) is 4.79 Å². The van der Waals surface area contributed by atoms with Crippen molar-refractivity contribution in [2.24, 2.45) is 0 Å². The fourth-order valence-electron chi connectivity index (χ4n) is 4.18. The molecule has 1 amide bonds. The number of aromatic nitrogens is 3. The van der Waals surface area contributed by atoms with E-state index in [0.29, 0.717) is 6.54 Å². The van der Waals surface area contributed by atoms with E-state index >= 15 is 0 Å². The number of anilines is 2. The fraction of sp³-hybridized carbons (Fsp3) is 0.429. The van der Waals surface area contributed by atoms with Gasteiger partial charge in [-0.3, -0.25) is 4.79 Å². The second-order valence-corrected chi connectivity index (χ2v) is 8.57. The molecular formula is C21H24N6OS. The van der Waals surface area contributed by atoms with Gasteiger partial charge in [0.2, 0.25) is 5.91 Å². The van der Waals surface area contributed by atoms with E-state index in [-0.39, 0.29) is 11.9 Å². The first kappa shape index (κ1) is 18.3. The van der Waals surface area contributed by atoms with E-state index < -0.39 is 0 Å². The number of rotatable bonds is 5. The van der Waals surface area contributed by atoms with Gasteiger partial charge in [-0.25, -0.2) is 9.97 Å². The van der Waals surface area contributed by atoms with Crippen molar-refractivity contribution in [2.75, 3.05) is 29.4 Å². The van der Waals surface area contributed by atoms with Crippen molar-refractivity contribution >= 4 is 38.5 Å². The van der Waals surface area contributed by atoms with Gasteiger partial charge in [-0.05, 0) is 31.2 Å². The first-order valence-corrected chi connectivity index (χ1v) is 11.1. The highest BCUT2D eigenvalue weighted by Crippen LogP contribution is 2.37. The van der Waals surface area contributed by atoms with Crippen LogP contribution >= 0.6 is 11.3 Å². The van der Waals surface area contributed by atoms with E-state index in [4.69, 9.17) is 4.98 Å². The molecule has 2 aromatic heterocycles. The largest absolute Gasteiger partial charge is 0.355 e. The van der Waals surface area contributed by atoms with E-state index in [0.717, 1.165) is 59.3 Å². The first-order valence-electron chi connectivity index (χ1n) is 10.2. The molecule has 0 spiro atoms. The van der Waals surface area contributed by atoms with Gasteiger partial charge in [-0.15, -0.1) is 0 Å². The third-order valence-corrected chi connectivity index (χ3v) is 6.76. The van der Waals surface area contributed by atoms with Crippen molar-refractivity contribution < 1.29 is 4.79 Å². The highest BCUT2D eigenvalue weighted by molar-refractivity contribution is 7.22. The predicted molar refractivity (Wildman–Crippen MR) is 115 cm³/mol. The van der Waals surface area contributed by atoms with Crippen molar-refractivity contribution in [3.63, 3.8) is 0 Å². The predicted octanol–water partition coefficient (Wildman–Crippen LogP) is 2.97. The van der Waals surface area contributed by atoms with E-state index in [2.05, 4.69) is 25.1 Å². The zero-order chi connectivity index (χ0) is 19.6. The number of hydrogen-bond acceptors (Lipinski definition) is 7. The molecule has 0 radical (unpaired) electrons. The second-order valence-electron chi connectivity index (χ2n) is 7.60. The number of amides is 1. The van der Waals surface area contributed by atoms with Crippen LogP contribution in [0.4, 0.5) is 10.9 Å². The van der Waals surface area contributed by atoms with Crippen LogP contribution in [-0.2, 0) is 11.3 Å². The smallest absolute Gasteiger partial charge is 0.243 e. The highest BCUT2D eigenvalue weighted by Gasteiger charge is 2.33. The number of thiazole rings is 1. The Balaban J connectivity index is 1.36. The van der Waals surface area contributed by atoms with Gasteiger partial charge < -0.3 is 15.1 Å². The summed E-state index contributed by atoms with van der Waals surface area (Å²) in [6.07, 6.45) is 5.85. The maximum atomic E-state index is 12.9. The third kappa shape index (κ3) is 3.64. The van der Waals surface area contributed by atoms with E-state index in [1.54, 1.807) is 17.7 Å². The number of carbonyl (C=O) groups excluding carboxylic acids is 1. The van der Waals surface area contributed by atoms with Crippen LogP contribution < -0.4 is 15.1 Å². The summed E-state index contributed by atoms with van der Waals surface area (Å²) >= 11 is 1.61. The quantitative estimate of drug-likeness (QED) is 0.700. The van der Waals surface area contributed by atoms with Crippen molar-refractivity contribution in [1.82, 2.24) is 20.3 Å². The highest BCUT2D eigenvalue weighted by atomic mass is 32.1. The molecule has 1 atom stereocenters. The van der Waals surface area contributed by atoms with Crippen LogP contribution in [0.1, 0.15) is 31.2 Å². The molecule has 150 valence electrons. The normalized spacial score (nSPS) is 19.2. The van der Waals surface area contributed by atoms with Crippen LogP contribution in [0.15, 0.2) is 36.7 Å². The van der Waals surface area contributed by atoms with Gasteiger partial charge in [-0.1, -0.05) is 41.7 Å². The molecule has 8 heteroatoms. The lowest BCUT2D eigenvalue weighted by molar-refractivity contribution is -0.122. The molecule has 5 rings (SSSR count). The van der Waals surface area contributed by atoms with Gasteiger partial charge in [0.25, 0.3) is 0 Å². The molecule has 1 aromatic carbocycles. The van der Waals surface area contributed by atoms with E-state index in [1.807, 2.05) is 30.3 Å². The Hall–Kier alpha value is -2.74. The summed E-state index contributed by atoms with van der Waals surface area (Å²) in [4.78, 5) is 31.0. The molecule has 29 heavy (non-hydrogen) atoms. The summed E-state index contributed by atoms with van der Waals surface area (Å²) in [7, 11) is 0. The van der Waals surface area contributed by atoms with Gasteiger partial charge >= 0.3 is 0 Å². The SMILES string of the molecule is O=C(NCc1ccccc1)[C@H]1CCCN1c1nc2ncnc(N3CCCC3)c2s1. The van der Waals surface area contributed by atoms with Gasteiger partial charge in [0.1, 0.15) is 17.1 Å². The van der Waals surface area contributed by atoms with Crippen LogP contribution in [0, 0.1) is 0 Å². The Bertz CT molecular complexity index is 1000. The Kier molecular flexibility index (Phi) is 5.01. The minimum absolute atomic E-state index is 0.0662. The Morgan fingerprint density at radius 2 is 1.93 bits per heavy atom. The number of nitrogens with one attached hydrogen (secondary N) is 1. The molecule has 1 N–H and O–H groups in total. The molecule has 7 nitrogen and oxygen atoms in total. The summed E-state index contributed by atoms with van der Waals surface area (Å²) in [6, 6.07) is 9.84. The van der Waals surface area contributed by atoms with Crippen LogP contribution in [0.25, 0.3) is 10.3 Å². The molecule has 0 aliphatic carbocycles. The van der Waals surface area contributed by atoms with Crippen molar-refractivity contribution in [3.05, 3.63) is 42.2 Å². The lowest BCUT2D eigenvalue weighted by atomic mass is 10.2. The molecule has 2 aliphatic heterocycles. The number of fused-ring (bicyclic) bond motifs is 1. The lowest BCUT2D eigenvalue weighted by Gasteiger charge is -2.23. The zero-order valence-corrected chi connectivity index (χ0v) is 17.1. The summed E-state index contributed by atoms with van der Waals surface area (Å²) in [6.45, 7) is 3.46. The third-order valence-electron chi connectivity index (χ3n) is 5.68. The van der Waals surface area contributed by atoms with Crippen LogP contribution in [0.5, 0.6) is 0 Å². The lowest BCUT2D eigenvalue weighted by Crippen LogP contribution is -2.43. The Labute approximate surface area is 173 Å². The monoisotopic (exact) mass is 408 g/mol. The molecule has 2 fully saturated rings. The molecule has 3 aromatic rings. The summed E-state index contributed by atoms with van der Waals surface area (Å²) in [5.41, 5.74) is 1.84. The van der Waals surface area contributed by atoms with Crippen LogP contribution in [-0.4, -0.2) is 46.5 Å². The minimum Gasteiger partial charge on any atom is -0.355 e. The number of benzene rings is 1. The van der Waals surface area contributed by atoms with Gasteiger partial charge in [0, 0.05) is 26.2 Å². The molecule has 2 aliphatic rings. The fourth-order valence-corrected chi connectivity index (χ4v) is 5.29. The van der Waals surface area contributed by atoms with E-state index in [1.165, 1.54) is 12.8 Å². The molecule has 4 heterocycles. The average Bonchev–Trinajstić information content (AvgIpc) is 3.52. The van der Waals surface area contributed by atoms with Gasteiger partial charge in [0.05, 0.1) is 0 Å². The van der Waals surface area contributed by atoms with Crippen molar-refractivity contribution in [1.29, 1.82) is 0 Å². The van der Waals surface area contributed by atoms with Crippen molar-refractivity contribution in [2.45, 2.75) is 38.3 Å². The number of nitrogens with zero attached hydrogens (tertiary/aromatic N) is 5. The first-order chi connectivity index (χ1) is 14.3. The van der Waals surface area contributed by atoms with Crippen LogP contribution in [0.3, 0.4) is 0 Å². The second kappa shape index (κ2) is 7.94. The molecule has 0 saturated carbocycles. The molecule has 0 unspecified atom stereocenters. The summed E-state index contributed by atoms with van der Waals surface area (Å²) in [5.74, 6) is 1.05. The topological polar surface area (TPSA) is 74.2 Å². The van der Waals surface area contributed by atoms with Crippen molar-refractivity contribution in [3.8, 4) is 0 Å². The van der Waals surface area contributed by atoms with Gasteiger partial charge in [-0.2, -0.15) is 4.98 Å². The summed E-state index contributed by atoms with van der Waals surface area (Å²) in [5, 5.41) is 3.96.